The maximum absolute atomic E-state index is 9.20. The van der Waals surface area contributed by atoms with Crippen LogP contribution in [0.5, 0.6) is 0 Å². The van der Waals surface area contributed by atoms with E-state index >= 15 is 0 Å². The van der Waals surface area contributed by atoms with Gasteiger partial charge < -0.3 is 31.9 Å². The lowest BCUT2D eigenvalue weighted by molar-refractivity contribution is 0.667. The molecule has 0 amide bonds. The third-order valence-electron chi connectivity index (χ3n) is 9.31. The lowest BCUT2D eigenvalue weighted by Crippen LogP contribution is -2.12. The van der Waals surface area contributed by atoms with Crippen molar-refractivity contribution < 1.29 is 0 Å². The highest BCUT2D eigenvalue weighted by molar-refractivity contribution is 5.67. The summed E-state index contributed by atoms with van der Waals surface area (Å²) in [6.07, 6.45) is 3.81. The van der Waals surface area contributed by atoms with E-state index in [1.807, 2.05) is 24.3 Å². The van der Waals surface area contributed by atoms with Crippen LogP contribution in [0.4, 0.5) is 58.4 Å². The van der Waals surface area contributed by atoms with Crippen molar-refractivity contribution in [2.24, 2.45) is 0 Å². The van der Waals surface area contributed by atoms with Gasteiger partial charge in [-0.3, -0.25) is 0 Å². The van der Waals surface area contributed by atoms with Crippen LogP contribution in [0.15, 0.2) is 72.8 Å². The van der Waals surface area contributed by atoms with Gasteiger partial charge in [-0.1, -0.05) is 48.2 Å². The molecule has 0 aliphatic heterocycles. The zero-order valence-corrected chi connectivity index (χ0v) is 33.7. The van der Waals surface area contributed by atoms with Gasteiger partial charge in [-0.15, -0.1) is 0 Å². The third kappa shape index (κ3) is 11.1. The number of hydrogen-bond acceptors (Lipinski definition) is 14. The van der Waals surface area contributed by atoms with Gasteiger partial charge in [-0.25, -0.2) is 0 Å². The highest BCUT2D eigenvalue weighted by Crippen LogP contribution is 2.28. The van der Waals surface area contributed by atoms with Crippen LogP contribution >= 0.6 is 0 Å². The number of benzene rings is 4. The Bertz CT molecular complexity index is 2230. The number of aryl methyl sites for hydroxylation is 6. The van der Waals surface area contributed by atoms with Gasteiger partial charge in [0.1, 0.15) is 0 Å². The molecule has 0 unspecified atom stereocenters. The Kier molecular flexibility index (Phi) is 13.2. The van der Waals surface area contributed by atoms with Gasteiger partial charge in [0, 0.05) is 35.8 Å². The Labute approximate surface area is 339 Å². The fourth-order valence-electron chi connectivity index (χ4n) is 6.63. The van der Waals surface area contributed by atoms with E-state index in [2.05, 4.69) is 130 Å². The zero-order valence-electron chi connectivity index (χ0n) is 33.7. The number of nitrogens with one attached hydrogen (secondary N) is 6. The second kappa shape index (κ2) is 19.0. The molecule has 58 heavy (non-hydrogen) atoms. The maximum Gasteiger partial charge on any atom is 0.233 e. The number of nitrogens with zero attached hydrogens (tertiary/aromatic N) is 8. The highest BCUT2D eigenvalue weighted by atomic mass is 15.3. The molecule has 0 bridgehead atoms. The van der Waals surface area contributed by atoms with Crippen LogP contribution in [0.2, 0.25) is 0 Å². The molecular formula is C44H48N14. The summed E-state index contributed by atoms with van der Waals surface area (Å²) in [6.45, 7) is 13.8. The Morgan fingerprint density at radius 2 is 0.724 bits per heavy atom. The fourth-order valence-corrected chi connectivity index (χ4v) is 6.63. The van der Waals surface area contributed by atoms with E-state index in [0.717, 1.165) is 70.7 Å². The number of unbranched alkanes of at least 4 members (excludes halogenated alkanes) is 3. The summed E-state index contributed by atoms with van der Waals surface area (Å²) >= 11 is 0. The predicted octanol–water partition coefficient (Wildman–Crippen LogP) is 9.71. The molecule has 6 aromatic rings. The smallest absolute Gasteiger partial charge is 0.233 e. The summed E-state index contributed by atoms with van der Waals surface area (Å²) in [6, 6.07) is 27.1. The Balaban J connectivity index is 1.05. The molecule has 0 saturated heterocycles. The lowest BCUT2D eigenvalue weighted by Gasteiger charge is -2.15. The van der Waals surface area contributed by atoms with Gasteiger partial charge in [0.15, 0.2) is 0 Å². The first-order chi connectivity index (χ1) is 28.0. The van der Waals surface area contributed by atoms with E-state index in [1.54, 1.807) is 24.3 Å². The van der Waals surface area contributed by atoms with Crippen molar-refractivity contribution in [3.05, 3.63) is 117 Å². The summed E-state index contributed by atoms with van der Waals surface area (Å²) in [4.78, 5) is 28.0. The normalized spacial score (nSPS) is 10.6. The molecule has 4 aromatic carbocycles. The first kappa shape index (κ1) is 40.3. The third-order valence-corrected chi connectivity index (χ3v) is 9.31. The molecule has 0 aliphatic carbocycles. The van der Waals surface area contributed by atoms with E-state index in [1.165, 1.54) is 11.1 Å². The Morgan fingerprint density at radius 1 is 0.414 bits per heavy atom. The van der Waals surface area contributed by atoms with Crippen LogP contribution in [-0.4, -0.2) is 43.0 Å². The molecule has 14 heteroatoms. The lowest BCUT2D eigenvalue weighted by atomic mass is 10.1. The average Bonchev–Trinajstić information content (AvgIpc) is 3.19. The average molecular weight is 773 g/mol. The second-order valence-electron chi connectivity index (χ2n) is 14.3. The highest BCUT2D eigenvalue weighted by Gasteiger charge is 2.13. The topological polar surface area (TPSA) is 197 Å². The molecule has 0 fully saturated rings. The summed E-state index contributed by atoms with van der Waals surface area (Å²) in [5, 5.41) is 38.5. The molecule has 2 aromatic heterocycles. The van der Waals surface area contributed by atoms with Crippen LogP contribution in [0.25, 0.3) is 0 Å². The summed E-state index contributed by atoms with van der Waals surface area (Å²) in [5.74, 6) is 2.53. The molecule has 294 valence electrons. The number of rotatable bonds is 17. The first-order valence-corrected chi connectivity index (χ1v) is 19.3. The van der Waals surface area contributed by atoms with Gasteiger partial charge in [0.05, 0.1) is 23.3 Å². The standard InChI is InChI=1S/C44H48N14/c1-27-21-29(3)37(30(4)22-27)51-43-55-39(53-41(57-43)49-35-15-11-33(25-45)12-16-35)47-19-9-7-8-10-20-48-40-54-42(50-36-17-13-34(26-46)14-18-36)58-44(56-40)52-38-31(5)23-28(2)24-32(38)6/h11-18,21-24H,7-10,19-20H2,1-6H3,(H3,47,49,51,53,55,57)(H3,48,50,52,54,56,58). The minimum atomic E-state index is 0.384. The van der Waals surface area contributed by atoms with Crippen molar-refractivity contribution >= 4 is 58.4 Å². The van der Waals surface area contributed by atoms with Crippen molar-refractivity contribution in [1.29, 1.82) is 10.5 Å². The molecule has 2 heterocycles. The number of aromatic nitrogens is 6. The number of nitriles is 2. The van der Waals surface area contributed by atoms with Gasteiger partial charge in [0.2, 0.25) is 35.7 Å². The van der Waals surface area contributed by atoms with Gasteiger partial charge in [-0.2, -0.15) is 40.4 Å². The minimum absolute atomic E-state index is 0.384. The van der Waals surface area contributed by atoms with Crippen molar-refractivity contribution in [1.82, 2.24) is 29.9 Å². The molecule has 6 N–H and O–H groups in total. The van der Waals surface area contributed by atoms with Crippen LogP contribution in [0, 0.1) is 64.2 Å². The van der Waals surface area contributed by atoms with Gasteiger partial charge in [-0.05, 0) is 125 Å². The van der Waals surface area contributed by atoms with E-state index in [4.69, 9.17) is 9.97 Å². The monoisotopic (exact) mass is 772 g/mol. The first-order valence-electron chi connectivity index (χ1n) is 19.3. The fraction of sp³-hybridized carbons (Fsp3) is 0.273. The van der Waals surface area contributed by atoms with Crippen LogP contribution in [-0.2, 0) is 0 Å². The summed E-state index contributed by atoms with van der Waals surface area (Å²) in [7, 11) is 0. The second-order valence-corrected chi connectivity index (χ2v) is 14.3. The zero-order chi connectivity index (χ0) is 41.0. The Morgan fingerprint density at radius 3 is 1.05 bits per heavy atom. The molecular weight excluding hydrogens is 725 g/mol. The summed E-state index contributed by atoms with van der Waals surface area (Å²) < 4.78 is 0. The molecule has 0 aliphatic rings. The molecule has 14 nitrogen and oxygen atoms in total. The van der Waals surface area contributed by atoms with Crippen LogP contribution in [0.3, 0.4) is 0 Å². The molecule has 0 saturated carbocycles. The van der Waals surface area contributed by atoms with E-state index in [0.29, 0.717) is 59.9 Å². The quantitative estimate of drug-likeness (QED) is 0.0479. The predicted molar refractivity (Wildman–Crippen MR) is 232 cm³/mol. The maximum atomic E-state index is 9.20. The number of hydrogen-bond donors (Lipinski definition) is 6. The minimum Gasteiger partial charge on any atom is -0.354 e. The Hall–Kier alpha value is -7.32. The molecule has 0 atom stereocenters. The van der Waals surface area contributed by atoms with Crippen molar-refractivity contribution in [3.63, 3.8) is 0 Å². The van der Waals surface area contributed by atoms with Crippen molar-refractivity contribution in [2.75, 3.05) is 45.0 Å². The van der Waals surface area contributed by atoms with Crippen molar-refractivity contribution in [3.8, 4) is 12.1 Å². The molecule has 0 spiro atoms. The van der Waals surface area contributed by atoms with Crippen molar-refractivity contribution in [2.45, 2.75) is 67.2 Å². The van der Waals surface area contributed by atoms with Crippen LogP contribution < -0.4 is 31.9 Å². The number of anilines is 10. The largest absolute Gasteiger partial charge is 0.354 e. The molecule has 0 radical (unpaired) electrons. The van der Waals surface area contributed by atoms with Gasteiger partial charge in [0.25, 0.3) is 0 Å². The SMILES string of the molecule is Cc1cc(C)c(Nc2nc(NCCCCCCNc3nc(Nc4ccc(C#N)cc4)nc(Nc4c(C)cc(C)cc4C)n3)nc(Nc3ccc(C#N)cc3)n2)c(C)c1. The van der Waals surface area contributed by atoms with E-state index in [9.17, 15) is 10.5 Å². The van der Waals surface area contributed by atoms with E-state index in [-0.39, 0.29) is 0 Å². The van der Waals surface area contributed by atoms with E-state index < -0.39 is 0 Å². The summed E-state index contributed by atoms with van der Waals surface area (Å²) in [5.41, 5.74) is 11.4. The van der Waals surface area contributed by atoms with Crippen LogP contribution in [0.1, 0.15) is 70.2 Å². The molecule has 6 rings (SSSR count). The van der Waals surface area contributed by atoms with Gasteiger partial charge >= 0.3 is 0 Å².